The van der Waals surface area contributed by atoms with Crippen molar-refractivity contribution in [1.82, 2.24) is 5.32 Å². The van der Waals surface area contributed by atoms with Crippen molar-refractivity contribution in [2.75, 3.05) is 13.7 Å². The Morgan fingerprint density at radius 1 is 1.28 bits per heavy atom. The number of amides is 1. The monoisotopic (exact) mass is 261 g/mol. The van der Waals surface area contributed by atoms with Gasteiger partial charge in [0.05, 0.1) is 7.11 Å². The van der Waals surface area contributed by atoms with Crippen LogP contribution in [0.5, 0.6) is 0 Å². The zero-order valence-corrected chi connectivity index (χ0v) is 11.5. The van der Waals surface area contributed by atoms with Gasteiger partial charge in [0.25, 0.3) is 0 Å². The van der Waals surface area contributed by atoms with Crippen LogP contribution in [0.1, 0.15) is 40.0 Å². The second-order valence-electron chi connectivity index (χ2n) is 4.94. The lowest BCUT2D eigenvalue weighted by Crippen LogP contribution is -2.44. The van der Waals surface area contributed by atoms with Gasteiger partial charge in [-0.3, -0.25) is 0 Å². The lowest BCUT2D eigenvalue weighted by Gasteiger charge is -2.22. The van der Waals surface area contributed by atoms with Crippen molar-refractivity contribution in [3.63, 3.8) is 0 Å². The van der Waals surface area contributed by atoms with Gasteiger partial charge >= 0.3 is 12.1 Å². The standard InChI is InChI=1S/C12H23NO5/c1-12(2,3)18-11(16)13-9(10(15)17-4)7-5-6-8-14/h9,14H,5-8H2,1-4H3,(H,13,16)/t9-/m1/s1. The number of aliphatic hydroxyl groups excluding tert-OH is 1. The van der Waals surface area contributed by atoms with Gasteiger partial charge in [0.2, 0.25) is 0 Å². The maximum atomic E-state index is 11.5. The third-order valence-electron chi connectivity index (χ3n) is 2.08. The van der Waals surface area contributed by atoms with Crippen LogP contribution in [0.3, 0.4) is 0 Å². The van der Waals surface area contributed by atoms with E-state index in [1.54, 1.807) is 20.8 Å². The van der Waals surface area contributed by atoms with Crippen molar-refractivity contribution in [3.8, 4) is 0 Å². The molecule has 6 nitrogen and oxygen atoms in total. The summed E-state index contributed by atoms with van der Waals surface area (Å²) in [6.07, 6.45) is 0.948. The third kappa shape index (κ3) is 7.89. The molecule has 0 aliphatic heterocycles. The largest absolute Gasteiger partial charge is 0.467 e. The topological polar surface area (TPSA) is 84.9 Å². The Hall–Kier alpha value is -1.30. The lowest BCUT2D eigenvalue weighted by molar-refractivity contribution is -0.143. The van der Waals surface area contributed by atoms with Crippen LogP contribution in [0.4, 0.5) is 4.79 Å². The Kier molecular flexibility index (Phi) is 7.35. The average Bonchev–Trinajstić information content (AvgIpc) is 2.24. The molecule has 106 valence electrons. The lowest BCUT2D eigenvalue weighted by atomic mass is 10.1. The zero-order chi connectivity index (χ0) is 14.2. The number of nitrogens with one attached hydrogen (secondary N) is 1. The fraction of sp³-hybridized carbons (Fsp3) is 0.833. The molecule has 0 fully saturated rings. The van der Waals surface area contributed by atoms with Crippen LogP contribution >= 0.6 is 0 Å². The van der Waals surface area contributed by atoms with Gasteiger partial charge in [0.15, 0.2) is 0 Å². The van der Waals surface area contributed by atoms with Gasteiger partial charge in [-0.2, -0.15) is 0 Å². The molecule has 0 aromatic rings. The third-order valence-corrected chi connectivity index (χ3v) is 2.08. The Balaban J connectivity index is 4.31. The minimum atomic E-state index is -0.739. The molecule has 0 unspecified atom stereocenters. The van der Waals surface area contributed by atoms with Gasteiger partial charge in [-0.15, -0.1) is 0 Å². The maximum Gasteiger partial charge on any atom is 0.408 e. The first-order valence-electron chi connectivity index (χ1n) is 5.98. The van der Waals surface area contributed by atoms with E-state index in [1.165, 1.54) is 7.11 Å². The fourth-order valence-corrected chi connectivity index (χ4v) is 1.30. The molecule has 0 rings (SSSR count). The molecule has 6 heteroatoms. The minimum absolute atomic E-state index is 0.0559. The van der Waals surface area contributed by atoms with E-state index in [9.17, 15) is 9.59 Å². The van der Waals surface area contributed by atoms with Crippen molar-refractivity contribution in [2.24, 2.45) is 0 Å². The molecule has 0 aliphatic carbocycles. The van der Waals surface area contributed by atoms with E-state index < -0.39 is 23.7 Å². The number of ether oxygens (including phenoxy) is 2. The molecule has 0 aromatic heterocycles. The van der Waals surface area contributed by atoms with Crippen LogP contribution in [-0.2, 0) is 14.3 Å². The molecule has 0 bridgehead atoms. The number of hydrogen-bond donors (Lipinski definition) is 2. The molecule has 0 radical (unpaired) electrons. The number of methoxy groups -OCH3 is 1. The van der Waals surface area contributed by atoms with Crippen molar-refractivity contribution in [1.29, 1.82) is 0 Å². The summed E-state index contributed by atoms with van der Waals surface area (Å²) >= 11 is 0. The van der Waals surface area contributed by atoms with E-state index in [0.29, 0.717) is 19.3 Å². The van der Waals surface area contributed by atoms with Crippen LogP contribution in [0.2, 0.25) is 0 Å². The molecule has 0 heterocycles. The SMILES string of the molecule is COC(=O)[C@@H](CCCCO)NC(=O)OC(C)(C)C. The van der Waals surface area contributed by atoms with E-state index in [0.717, 1.165) is 0 Å². The second kappa shape index (κ2) is 7.92. The molecular formula is C12H23NO5. The number of unbranched alkanes of at least 4 members (excludes halogenated alkanes) is 1. The Labute approximate surface area is 108 Å². The van der Waals surface area contributed by atoms with Crippen LogP contribution < -0.4 is 5.32 Å². The number of rotatable bonds is 6. The van der Waals surface area contributed by atoms with Gasteiger partial charge in [0, 0.05) is 6.61 Å². The molecule has 2 N–H and O–H groups in total. The summed E-state index contributed by atoms with van der Waals surface area (Å²) in [6, 6.07) is -0.739. The average molecular weight is 261 g/mol. The van der Waals surface area contributed by atoms with Gasteiger partial charge in [-0.05, 0) is 40.0 Å². The molecular weight excluding hydrogens is 238 g/mol. The number of hydrogen-bond acceptors (Lipinski definition) is 5. The van der Waals surface area contributed by atoms with Crippen LogP contribution in [-0.4, -0.2) is 42.5 Å². The highest BCUT2D eigenvalue weighted by molar-refractivity contribution is 5.81. The number of aliphatic hydroxyl groups is 1. The smallest absolute Gasteiger partial charge is 0.408 e. The summed E-state index contributed by atoms with van der Waals surface area (Å²) in [5, 5.41) is 11.1. The van der Waals surface area contributed by atoms with Crippen molar-refractivity contribution in [3.05, 3.63) is 0 Å². The fourth-order valence-electron chi connectivity index (χ4n) is 1.30. The normalized spacial score (nSPS) is 12.7. The number of esters is 1. The maximum absolute atomic E-state index is 11.5. The highest BCUT2D eigenvalue weighted by Gasteiger charge is 2.24. The molecule has 1 amide bonds. The van der Waals surface area contributed by atoms with Crippen LogP contribution in [0.15, 0.2) is 0 Å². The summed E-state index contributed by atoms with van der Waals surface area (Å²) in [5.41, 5.74) is -0.615. The summed E-state index contributed by atoms with van der Waals surface area (Å²) < 4.78 is 9.66. The summed E-state index contributed by atoms with van der Waals surface area (Å²) in [5.74, 6) is -0.515. The van der Waals surface area contributed by atoms with Crippen molar-refractivity contribution in [2.45, 2.75) is 51.7 Å². The molecule has 1 atom stereocenters. The van der Waals surface area contributed by atoms with Crippen molar-refractivity contribution < 1.29 is 24.2 Å². The molecule has 0 spiro atoms. The molecule has 0 saturated carbocycles. The van der Waals surface area contributed by atoms with Crippen LogP contribution in [0, 0.1) is 0 Å². The summed E-state index contributed by atoms with van der Waals surface area (Å²) in [7, 11) is 1.26. The number of carbonyl (C=O) groups excluding carboxylic acids is 2. The van der Waals surface area contributed by atoms with E-state index in [4.69, 9.17) is 9.84 Å². The molecule has 0 saturated heterocycles. The van der Waals surface area contributed by atoms with Crippen molar-refractivity contribution >= 4 is 12.1 Å². The number of alkyl carbamates (subject to hydrolysis) is 1. The summed E-state index contributed by atoms with van der Waals surface area (Å²) in [4.78, 5) is 23.0. The Bertz CT molecular complexity index is 272. The summed E-state index contributed by atoms with van der Waals surface area (Å²) in [6.45, 7) is 5.28. The first-order chi connectivity index (χ1) is 8.30. The van der Waals surface area contributed by atoms with Crippen LogP contribution in [0.25, 0.3) is 0 Å². The molecule has 0 aliphatic rings. The minimum Gasteiger partial charge on any atom is -0.467 e. The van der Waals surface area contributed by atoms with Gasteiger partial charge in [0.1, 0.15) is 11.6 Å². The van der Waals surface area contributed by atoms with E-state index >= 15 is 0 Å². The zero-order valence-electron chi connectivity index (χ0n) is 11.5. The molecule has 18 heavy (non-hydrogen) atoms. The predicted octanol–water partition coefficient (Wildman–Crippen LogP) is 1.22. The first-order valence-corrected chi connectivity index (χ1v) is 5.98. The molecule has 0 aromatic carbocycles. The van der Waals surface area contributed by atoms with E-state index in [2.05, 4.69) is 10.1 Å². The van der Waals surface area contributed by atoms with Gasteiger partial charge < -0.3 is 19.9 Å². The number of carbonyl (C=O) groups is 2. The highest BCUT2D eigenvalue weighted by Crippen LogP contribution is 2.08. The van der Waals surface area contributed by atoms with E-state index in [-0.39, 0.29) is 6.61 Å². The first kappa shape index (κ1) is 16.7. The Morgan fingerprint density at radius 2 is 1.89 bits per heavy atom. The quantitative estimate of drug-likeness (QED) is 0.554. The van der Waals surface area contributed by atoms with E-state index in [1.807, 2.05) is 0 Å². The second-order valence-corrected chi connectivity index (χ2v) is 4.94. The highest BCUT2D eigenvalue weighted by atomic mass is 16.6. The van der Waals surface area contributed by atoms with Gasteiger partial charge in [-0.25, -0.2) is 9.59 Å². The Morgan fingerprint density at radius 3 is 2.33 bits per heavy atom. The predicted molar refractivity (Wildman–Crippen MR) is 66.1 cm³/mol. The van der Waals surface area contributed by atoms with Gasteiger partial charge in [-0.1, -0.05) is 0 Å².